The van der Waals surface area contributed by atoms with Crippen molar-refractivity contribution in [2.75, 3.05) is 6.54 Å². The summed E-state index contributed by atoms with van der Waals surface area (Å²) in [5.74, 6) is 1.77. The number of aromatic nitrogens is 3. The lowest BCUT2D eigenvalue weighted by Gasteiger charge is -2.25. The summed E-state index contributed by atoms with van der Waals surface area (Å²) >= 11 is 0. The van der Waals surface area contributed by atoms with Gasteiger partial charge in [0, 0.05) is 12.7 Å². The second kappa shape index (κ2) is 8.48. The standard InChI is InChI=1S/C19H23N5O3/c1-13(2)11-24(12-15-7-6-10-26-15)19(25)21-14(3)18-22-17(23-27-18)16-8-4-5-9-20-16/h4-10,13-14H,11-12H2,1-3H3,(H,21,25)/t14-/m1/s1. The first-order valence-corrected chi connectivity index (χ1v) is 8.85. The van der Waals surface area contributed by atoms with Crippen molar-refractivity contribution in [2.45, 2.75) is 33.4 Å². The van der Waals surface area contributed by atoms with Gasteiger partial charge in [-0.25, -0.2) is 4.79 Å². The predicted molar refractivity (Wildman–Crippen MR) is 98.4 cm³/mol. The number of hydrogen-bond donors (Lipinski definition) is 1. The molecule has 0 fully saturated rings. The van der Waals surface area contributed by atoms with E-state index in [0.29, 0.717) is 36.4 Å². The van der Waals surface area contributed by atoms with E-state index in [1.54, 1.807) is 36.4 Å². The molecule has 0 radical (unpaired) electrons. The summed E-state index contributed by atoms with van der Waals surface area (Å²) < 4.78 is 10.7. The summed E-state index contributed by atoms with van der Waals surface area (Å²) in [6.45, 7) is 6.91. The molecular formula is C19H23N5O3. The van der Waals surface area contributed by atoms with Gasteiger partial charge in [-0.2, -0.15) is 4.98 Å². The molecule has 0 saturated carbocycles. The highest BCUT2D eigenvalue weighted by Crippen LogP contribution is 2.17. The fourth-order valence-corrected chi connectivity index (χ4v) is 2.60. The fourth-order valence-electron chi connectivity index (χ4n) is 2.60. The lowest BCUT2D eigenvalue weighted by molar-refractivity contribution is 0.177. The summed E-state index contributed by atoms with van der Waals surface area (Å²) in [4.78, 5) is 23.0. The Balaban J connectivity index is 1.67. The van der Waals surface area contributed by atoms with Crippen LogP contribution in [0.4, 0.5) is 4.79 Å². The van der Waals surface area contributed by atoms with Gasteiger partial charge in [0.15, 0.2) is 0 Å². The summed E-state index contributed by atoms with van der Waals surface area (Å²) in [6, 6.07) is 8.46. The lowest BCUT2D eigenvalue weighted by Crippen LogP contribution is -2.42. The van der Waals surface area contributed by atoms with E-state index in [2.05, 4.69) is 34.3 Å². The quantitative estimate of drug-likeness (QED) is 0.683. The molecule has 0 aliphatic carbocycles. The molecule has 0 spiro atoms. The van der Waals surface area contributed by atoms with Crippen molar-refractivity contribution in [3.63, 3.8) is 0 Å². The molecule has 3 heterocycles. The monoisotopic (exact) mass is 369 g/mol. The third-order valence-electron chi connectivity index (χ3n) is 3.85. The van der Waals surface area contributed by atoms with Crippen LogP contribution in [0.5, 0.6) is 0 Å². The number of furan rings is 1. The van der Waals surface area contributed by atoms with E-state index in [1.165, 1.54) is 0 Å². The average Bonchev–Trinajstić information content (AvgIpc) is 3.33. The molecule has 0 unspecified atom stereocenters. The van der Waals surface area contributed by atoms with Gasteiger partial charge in [-0.15, -0.1) is 0 Å². The normalized spacial score (nSPS) is 12.1. The smallest absolute Gasteiger partial charge is 0.318 e. The molecule has 2 amide bonds. The first-order valence-electron chi connectivity index (χ1n) is 8.85. The van der Waals surface area contributed by atoms with Gasteiger partial charge in [-0.1, -0.05) is 25.1 Å². The third kappa shape index (κ3) is 4.93. The van der Waals surface area contributed by atoms with Crippen LogP contribution in [-0.4, -0.2) is 32.6 Å². The molecule has 8 nitrogen and oxygen atoms in total. The number of nitrogens with one attached hydrogen (secondary N) is 1. The van der Waals surface area contributed by atoms with Crippen molar-refractivity contribution in [1.82, 2.24) is 25.3 Å². The Morgan fingerprint density at radius 3 is 2.74 bits per heavy atom. The zero-order chi connectivity index (χ0) is 19.2. The van der Waals surface area contributed by atoms with Gasteiger partial charge in [0.2, 0.25) is 11.7 Å². The van der Waals surface area contributed by atoms with Crippen molar-refractivity contribution in [2.24, 2.45) is 5.92 Å². The minimum Gasteiger partial charge on any atom is -0.467 e. The van der Waals surface area contributed by atoms with E-state index in [9.17, 15) is 4.79 Å². The number of nitrogens with zero attached hydrogens (tertiary/aromatic N) is 4. The number of carbonyl (C=O) groups is 1. The first kappa shape index (κ1) is 18.6. The first-order chi connectivity index (χ1) is 13.0. The van der Waals surface area contributed by atoms with E-state index in [0.717, 1.165) is 5.76 Å². The SMILES string of the molecule is CC(C)CN(Cc1ccco1)C(=O)N[C@H](C)c1nc(-c2ccccn2)no1. The van der Waals surface area contributed by atoms with Gasteiger partial charge < -0.3 is 19.2 Å². The highest BCUT2D eigenvalue weighted by molar-refractivity contribution is 5.74. The van der Waals surface area contributed by atoms with Gasteiger partial charge in [0.1, 0.15) is 17.5 Å². The Bertz CT molecular complexity index is 845. The van der Waals surface area contributed by atoms with Crippen LogP contribution in [0.2, 0.25) is 0 Å². The maximum Gasteiger partial charge on any atom is 0.318 e. The third-order valence-corrected chi connectivity index (χ3v) is 3.85. The molecule has 3 rings (SSSR count). The van der Waals surface area contributed by atoms with Crippen molar-refractivity contribution in [3.05, 3.63) is 54.4 Å². The van der Waals surface area contributed by atoms with Crippen molar-refractivity contribution in [3.8, 4) is 11.5 Å². The molecule has 1 atom stereocenters. The molecule has 0 aliphatic rings. The average molecular weight is 369 g/mol. The van der Waals surface area contributed by atoms with Crippen LogP contribution < -0.4 is 5.32 Å². The van der Waals surface area contributed by atoms with Gasteiger partial charge in [0.05, 0.1) is 12.8 Å². The second-order valence-corrected chi connectivity index (χ2v) is 6.70. The van der Waals surface area contributed by atoms with Crippen LogP contribution in [0, 0.1) is 5.92 Å². The summed E-state index contributed by atoms with van der Waals surface area (Å²) in [5, 5.41) is 6.85. The lowest BCUT2D eigenvalue weighted by atomic mass is 10.2. The van der Waals surface area contributed by atoms with Crippen molar-refractivity contribution < 1.29 is 13.7 Å². The molecule has 3 aromatic rings. The summed E-state index contributed by atoms with van der Waals surface area (Å²) in [7, 11) is 0. The summed E-state index contributed by atoms with van der Waals surface area (Å²) in [6.07, 6.45) is 3.26. The van der Waals surface area contributed by atoms with Gasteiger partial charge in [0.25, 0.3) is 0 Å². The van der Waals surface area contributed by atoms with Crippen LogP contribution in [0.1, 0.15) is 38.5 Å². The number of carbonyl (C=O) groups excluding carboxylic acids is 1. The highest BCUT2D eigenvalue weighted by atomic mass is 16.5. The molecule has 1 N–H and O–H groups in total. The number of urea groups is 1. The molecule has 0 aliphatic heterocycles. The second-order valence-electron chi connectivity index (χ2n) is 6.70. The fraction of sp³-hybridized carbons (Fsp3) is 0.368. The molecular weight excluding hydrogens is 346 g/mol. The minimum atomic E-state index is -0.436. The zero-order valence-electron chi connectivity index (χ0n) is 15.6. The Kier molecular flexibility index (Phi) is 5.85. The van der Waals surface area contributed by atoms with Crippen LogP contribution in [0.15, 0.2) is 51.7 Å². The zero-order valence-corrected chi connectivity index (χ0v) is 15.6. The number of amides is 2. The van der Waals surface area contributed by atoms with Gasteiger partial charge in [-0.3, -0.25) is 4.98 Å². The van der Waals surface area contributed by atoms with Gasteiger partial charge >= 0.3 is 6.03 Å². The maximum atomic E-state index is 12.7. The molecule has 0 saturated heterocycles. The van der Waals surface area contributed by atoms with Crippen LogP contribution in [0.3, 0.4) is 0 Å². The van der Waals surface area contributed by atoms with Crippen LogP contribution in [0.25, 0.3) is 11.5 Å². The van der Waals surface area contributed by atoms with Crippen LogP contribution >= 0.6 is 0 Å². The maximum absolute atomic E-state index is 12.7. The molecule has 142 valence electrons. The largest absolute Gasteiger partial charge is 0.467 e. The number of rotatable bonds is 7. The topological polar surface area (TPSA) is 97.3 Å². The molecule has 3 aromatic heterocycles. The van der Waals surface area contributed by atoms with E-state index >= 15 is 0 Å². The van der Waals surface area contributed by atoms with Crippen molar-refractivity contribution >= 4 is 6.03 Å². The van der Waals surface area contributed by atoms with E-state index in [4.69, 9.17) is 8.94 Å². The molecule has 8 heteroatoms. The molecule has 0 aromatic carbocycles. The molecule has 0 bridgehead atoms. The van der Waals surface area contributed by atoms with Crippen LogP contribution in [-0.2, 0) is 6.54 Å². The van der Waals surface area contributed by atoms with Crippen molar-refractivity contribution in [1.29, 1.82) is 0 Å². The predicted octanol–water partition coefficient (Wildman–Crippen LogP) is 3.65. The Morgan fingerprint density at radius 1 is 1.22 bits per heavy atom. The number of hydrogen-bond acceptors (Lipinski definition) is 6. The van der Waals surface area contributed by atoms with E-state index < -0.39 is 6.04 Å². The minimum absolute atomic E-state index is 0.217. The highest BCUT2D eigenvalue weighted by Gasteiger charge is 2.22. The molecule has 27 heavy (non-hydrogen) atoms. The number of pyridine rings is 1. The van der Waals surface area contributed by atoms with E-state index in [-0.39, 0.29) is 6.03 Å². The van der Waals surface area contributed by atoms with Gasteiger partial charge in [-0.05, 0) is 37.1 Å². The Labute approximate surface area is 157 Å². The Morgan fingerprint density at radius 2 is 2.07 bits per heavy atom. The van der Waals surface area contributed by atoms with E-state index in [1.807, 2.05) is 18.2 Å². The Hall–Kier alpha value is -3.16. The summed E-state index contributed by atoms with van der Waals surface area (Å²) in [5.41, 5.74) is 0.616.